The molecule has 0 aliphatic heterocycles. The van der Waals surface area contributed by atoms with Crippen LogP contribution in [0.5, 0.6) is 0 Å². The minimum atomic E-state index is -0.122. The average Bonchev–Trinajstić information content (AvgIpc) is 2.81. The van der Waals surface area contributed by atoms with Gasteiger partial charge in [-0.05, 0) is 30.5 Å². The zero-order valence-electron chi connectivity index (χ0n) is 13.7. The lowest BCUT2D eigenvalue weighted by atomic mass is 9.94. The molecule has 0 saturated carbocycles. The highest BCUT2D eigenvalue weighted by molar-refractivity contribution is 5.89. The van der Waals surface area contributed by atoms with Gasteiger partial charge in [0.25, 0.3) is 0 Å². The number of aryl methyl sites for hydroxylation is 1. The van der Waals surface area contributed by atoms with Crippen molar-refractivity contribution in [2.45, 2.75) is 53.1 Å². The SMILES string of the molecule is Cc1cccc2[nH]cc(C[C@H](NC(C)C)C(=O)C(C)C)c12. The number of aromatic nitrogens is 1. The molecule has 21 heavy (non-hydrogen) atoms. The summed E-state index contributed by atoms with van der Waals surface area (Å²) in [5, 5.41) is 4.67. The molecule has 3 heteroatoms. The molecule has 2 rings (SSSR count). The summed E-state index contributed by atoms with van der Waals surface area (Å²) in [7, 11) is 0. The van der Waals surface area contributed by atoms with Crippen LogP contribution in [0.1, 0.15) is 38.8 Å². The van der Waals surface area contributed by atoms with Gasteiger partial charge >= 0.3 is 0 Å². The molecule has 0 bridgehead atoms. The molecular formula is C18H26N2O. The fourth-order valence-electron chi connectivity index (χ4n) is 2.88. The number of carbonyl (C=O) groups is 1. The van der Waals surface area contributed by atoms with Crippen molar-refractivity contribution < 1.29 is 4.79 Å². The van der Waals surface area contributed by atoms with Gasteiger partial charge in [0.15, 0.2) is 5.78 Å². The summed E-state index contributed by atoms with van der Waals surface area (Å²) in [6.45, 7) is 10.2. The molecule has 2 N–H and O–H groups in total. The Bertz CT molecular complexity index is 625. The monoisotopic (exact) mass is 286 g/mol. The standard InChI is InChI=1S/C18H26N2O/c1-11(2)18(21)16(20-12(3)4)9-14-10-19-15-8-6-7-13(5)17(14)15/h6-8,10-12,16,19-20H,9H2,1-5H3/t16-/m0/s1. The lowest BCUT2D eigenvalue weighted by Gasteiger charge is -2.22. The zero-order chi connectivity index (χ0) is 15.6. The van der Waals surface area contributed by atoms with Gasteiger partial charge in [0.1, 0.15) is 0 Å². The van der Waals surface area contributed by atoms with Crippen molar-refractivity contribution in [2.24, 2.45) is 5.92 Å². The zero-order valence-corrected chi connectivity index (χ0v) is 13.7. The molecule has 0 radical (unpaired) electrons. The van der Waals surface area contributed by atoms with Crippen LogP contribution in [-0.4, -0.2) is 22.9 Å². The summed E-state index contributed by atoms with van der Waals surface area (Å²) < 4.78 is 0. The number of fused-ring (bicyclic) bond motifs is 1. The lowest BCUT2D eigenvalue weighted by molar-refractivity contribution is -0.124. The Hall–Kier alpha value is -1.61. The number of ketones is 1. The molecule has 0 fully saturated rings. The minimum Gasteiger partial charge on any atom is -0.361 e. The molecule has 1 atom stereocenters. The number of rotatable bonds is 6. The summed E-state index contributed by atoms with van der Waals surface area (Å²) in [5.74, 6) is 0.333. The predicted molar refractivity (Wildman–Crippen MR) is 88.6 cm³/mol. The molecule has 0 unspecified atom stereocenters. The highest BCUT2D eigenvalue weighted by atomic mass is 16.1. The minimum absolute atomic E-state index is 0.0487. The molecule has 114 valence electrons. The van der Waals surface area contributed by atoms with Crippen LogP contribution < -0.4 is 5.32 Å². The second kappa shape index (κ2) is 6.44. The third kappa shape index (κ3) is 3.53. The molecule has 2 aromatic rings. The second-order valence-electron chi connectivity index (χ2n) is 6.45. The maximum Gasteiger partial charge on any atom is 0.152 e. The van der Waals surface area contributed by atoms with Crippen LogP contribution in [0.4, 0.5) is 0 Å². The van der Waals surface area contributed by atoms with Gasteiger partial charge in [-0.3, -0.25) is 4.79 Å². The van der Waals surface area contributed by atoms with Crippen molar-refractivity contribution in [3.8, 4) is 0 Å². The number of aromatic amines is 1. The smallest absolute Gasteiger partial charge is 0.152 e. The van der Waals surface area contributed by atoms with Crippen LogP contribution in [0.2, 0.25) is 0 Å². The highest BCUT2D eigenvalue weighted by Crippen LogP contribution is 2.23. The van der Waals surface area contributed by atoms with Gasteiger partial charge in [-0.15, -0.1) is 0 Å². The van der Waals surface area contributed by atoms with E-state index in [0.717, 1.165) is 11.9 Å². The van der Waals surface area contributed by atoms with Crippen molar-refractivity contribution in [3.05, 3.63) is 35.5 Å². The third-order valence-electron chi connectivity index (χ3n) is 3.87. The highest BCUT2D eigenvalue weighted by Gasteiger charge is 2.23. The first-order chi connectivity index (χ1) is 9.90. The molecule has 0 spiro atoms. The number of Topliss-reactive ketones (excluding diaryl/α,β-unsaturated/α-hetero) is 1. The van der Waals surface area contributed by atoms with Gasteiger partial charge in [-0.25, -0.2) is 0 Å². The van der Waals surface area contributed by atoms with E-state index in [-0.39, 0.29) is 17.7 Å². The van der Waals surface area contributed by atoms with Crippen molar-refractivity contribution in [1.82, 2.24) is 10.3 Å². The second-order valence-corrected chi connectivity index (χ2v) is 6.45. The Morgan fingerprint density at radius 1 is 1.24 bits per heavy atom. The molecule has 0 aliphatic carbocycles. The van der Waals surface area contributed by atoms with E-state index in [4.69, 9.17) is 0 Å². The fourth-order valence-corrected chi connectivity index (χ4v) is 2.88. The Kier molecular flexibility index (Phi) is 4.84. The summed E-state index contributed by atoms with van der Waals surface area (Å²) in [6.07, 6.45) is 2.78. The molecule has 0 aliphatic rings. The van der Waals surface area contributed by atoms with Crippen LogP contribution in [0.25, 0.3) is 10.9 Å². The first-order valence-corrected chi connectivity index (χ1v) is 7.75. The Labute approximate surface area is 127 Å². The molecule has 1 aromatic carbocycles. The van der Waals surface area contributed by atoms with E-state index in [0.29, 0.717) is 6.04 Å². The lowest BCUT2D eigenvalue weighted by Crippen LogP contribution is -2.44. The Morgan fingerprint density at radius 3 is 2.57 bits per heavy atom. The van der Waals surface area contributed by atoms with Crippen LogP contribution in [-0.2, 0) is 11.2 Å². The van der Waals surface area contributed by atoms with Crippen LogP contribution >= 0.6 is 0 Å². The van der Waals surface area contributed by atoms with E-state index in [2.05, 4.69) is 49.3 Å². The van der Waals surface area contributed by atoms with Crippen molar-refractivity contribution in [1.29, 1.82) is 0 Å². The number of nitrogens with one attached hydrogen (secondary N) is 2. The van der Waals surface area contributed by atoms with Gasteiger partial charge < -0.3 is 10.3 Å². The van der Waals surface area contributed by atoms with Crippen LogP contribution in [0.15, 0.2) is 24.4 Å². The Balaban J connectivity index is 2.32. The number of hydrogen-bond acceptors (Lipinski definition) is 2. The number of carbonyl (C=O) groups excluding carboxylic acids is 1. The third-order valence-corrected chi connectivity index (χ3v) is 3.87. The number of benzene rings is 1. The van der Waals surface area contributed by atoms with E-state index >= 15 is 0 Å². The first kappa shape index (κ1) is 15.8. The van der Waals surface area contributed by atoms with E-state index in [1.165, 1.54) is 16.5 Å². The first-order valence-electron chi connectivity index (χ1n) is 7.75. The predicted octanol–water partition coefficient (Wildman–Crippen LogP) is 3.61. The van der Waals surface area contributed by atoms with Gasteiger partial charge in [-0.2, -0.15) is 0 Å². The van der Waals surface area contributed by atoms with Crippen molar-refractivity contribution in [2.75, 3.05) is 0 Å². The number of H-pyrrole nitrogens is 1. The quantitative estimate of drug-likeness (QED) is 0.852. The largest absolute Gasteiger partial charge is 0.361 e. The summed E-state index contributed by atoms with van der Waals surface area (Å²) in [5.41, 5.74) is 3.62. The topological polar surface area (TPSA) is 44.9 Å². The van der Waals surface area contributed by atoms with Gasteiger partial charge in [0.2, 0.25) is 0 Å². The van der Waals surface area contributed by atoms with E-state index in [1.54, 1.807) is 0 Å². The van der Waals surface area contributed by atoms with E-state index in [1.807, 2.05) is 20.0 Å². The summed E-state index contributed by atoms with van der Waals surface area (Å²) in [4.78, 5) is 15.8. The fraction of sp³-hybridized carbons (Fsp3) is 0.500. The molecule has 3 nitrogen and oxygen atoms in total. The van der Waals surface area contributed by atoms with Crippen LogP contribution in [0, 0.1) is 12.8 Å². The van der Waals surface area contributed by atoms with E-state index < -0.39 is 0 Å². The molecule has 0 amide bonds. The Morgan fingerprint density at radius 2 is 1.95 bits per heavy atom. The van der Waals surface area contributed by atoms with Gasteiger partial charge in [0.05, 0.1) is 6.04 Å². The molecular weight excluding hydrogens is 260 g/mol. The van der Waals surface area contributed by atoms with Gasteiger partial charge in [0, 0.05) is 29.1 Å². The van der Waals surface area contributed by atoms with Crippen molar-refractivity contribution in [3.63, 3.8) is 0 Å². The van der Waals surface area contributed by atoms with Crippen LogP contribution in [0.3, 0.4) is 0 Å². The summed E-state index contributed by atoms with van der Waals surface area (Å²) in [6, 6.07) is 6.43. The van der Waals surface area contributed by atoms with Gasteiger partial charge in [-0.1, -0.05) is 39.8 Å². The maximum atomic E-state index is 12.5. The maximum absolute atomic E-state index is 12.5. The number of hydrogen-bond donors (Lipinski definition) is 2. The average molecular weight is 286 g/mol. The molecule has 0 saturated heterocycles. The van der Waals surface area contributed by atoms with E-state index in [9.17, 15) is 4.79 Å². The van der Waals surface area contributed by atoms with Crippen molar-refractivity contribution >= 4 is 16.7 Å². The normalized spacial score (nSPS) is 13.3. The molecule has 1 heterocycles. The summed E-state index contributed by atoms with van der Waals surface area (Å²) >= 11 is 0. The molecule has 1 aromatic heterocycles.